The molecule has 0 saturated heterocycles. The summed E-state index contributed by atoms with van der Waals surface area (Å²) in [5.74, 6) is 0.984. The largest absolute Gasteiger partial charge is 0.383 e. The molecule has 1 saturated carbocycles. The first-order chi connectivity index (χ1) is 7.24. The van der Waals surface area contributed by atoms with Crippen LogP contribution in [0.2, 0.25) is 0 Å². The van der Waals surface area contributed by atoms with Crippen molar-refractivity contribution in [1.29, 1.82) is 0 Å². The van der Waals surface area contributed by atoms with Gasteiger partial charge < -0.3 is 5.32 Å². The number of aryl methyl sites for hydroxylation is 1. The molecule has 1 atom stereocenters. The summed E-state index contributed by atoms with van der Waals surface area (Å²) >= 11 is 0. The number of rotatable bonds is 4. The zero-order valence-electron chi connectivity index (χ0n) is 9.79. The number of hydrogen-bond donors (Lipinski definition) is 1. The van der Waals surface area contributed by atoms with Gasteiger partial charge in [-0.1, -0.05) is 31.4 Å². The summed E-state index contributed by atoms with van der Waals surface area (Å²) in [5, 5.41) is 3.58. The normalized spacial score (nSPS) is 18.3. The summed E-state index contributed by atoms with van der Waals surface area (Å²) in [6.45, 7) is 4.43. The van der Waals surface area contributed by atoms with E-state index in [0.29, 0.717) is 6.04 Å². The Morgan fingerprint density at radius 3 is 2.80 bits per heavy atom. The van der Waals surface area contributed by atoms with E-state index in [1.165, 1.54) is 36.9 Å². The van der Waals surface area contributed by atoms with Gasteiger partial charge in [0.25, 0.3) is 0 Å². The first-order valence-corrected chi connectivity index (χ1v) is 6.07. The molecule has 1 aromatic rings. The maximum absolute atomic E-state index is 3.58. The molecule has 1 nitrogen and oxygen atoms in total. The molecule has 1 aromatic carbocycles. The van der Waals surface area contributed by atoms with E-state index < -0.39 is 0 Å². The fourth-order valence-electron chi connectivity index (χ4n) is 2.31. The van der Waals surface area contributed by atoms with Crippen molar-refractivity contribution in [2.75, 3.05) is 5.32 Å². The van der Waals surface area contributed by atoms with E-state index >= 15 is 0 Å². The highest BCUT2D eigenvalue weighted by Gasteiger charge is 2.19. The first kappa shape index (κ1) is 10.5. The lowest BCUT2D eigenvalue weighted by molar-refractivity contribution is 0.286. The molecule has 0 heterocycles. The second kappa shape index (κ2) is 4.69. The van der Waals surface area contributed by atoms with Gasteiger partial charge in [0.1, 0.15) is 0 Å². The van der Waals surface area contributed by atoms with Crippen molar-refractivity contribution in [3.05, 3.63) is 29.8 Å². The van der Waals surface area contributed by atoms with E-state index in [0.717, 1.165) is 5.92 Å². The number of hydrogen-bond acceptors (Lipinski definition) is 1. The van der Waals surface area contributed by atoms with Crippen molar-refractivity contribution in [3.63, 3.8) is 0 Å². The van der Waals surface area contributed by atoms with Crippen LogP contribution in [0, 0.1) is 12.8 Å². The molecule has 0 amide bonds. The van der Waals surface area contributed by atoms with Gasteiger partial charge in [-0.25, -0.2) is 0 Å². The van der Waals surface area contributed by atoms with Crippen LogP contribution in [-0.2, 0) is 0 Å². The fraction of sp³-hybridized carbons (Fsp3) is 0.571. The van der Waals surface area contributed by atoms with Gasteiger partial charge in [-0.15, -0.1) is 0 Å². The molecule has 1 aliphatic carbocycles. The van der Waals surface area contributed by atoms with E-state index in [2.05, 4.69) is 43.4 Å². The molecule has 1 heteroatoms. The lowest BCUT2D eigenvalue weighted by Gasteiger charge is -2.29. The lowest BCUT2D eigenvalue weighted by atomic mass is 9.81. The van der Waals surface area contributed by atoms with Crippen LogP contribution in [0.5, 0.6) is 0 Å². The van der Waals surface area contributed by atoms with Crippen molar-refractivity contribution >= 4 is 5.69 Å². The van der Waals surface area contributed by atoms with Crippen LogP contribution in [0.3, 0.4) is 0 Å². The minimum absolute atomic E-state index is 0.608. The summed E-state index contributed by atoms with van der Waals surface area (Å²) in [4.78, 5) is 0. The maximum atomic E-state index is 3.58. The average molecular weight is 203 g/mol. The van der Waals surface area contributed by atoms with Crippen molar-refractivity contribution in [1.82, 2.24) is 0 Å². The molecular weight excluding hydrogens is 182 g/mol. The minimum atomic E-state index is 0.608. The molecule has 1 aliphatic rings. The van der Waals surface area contributed by atoms with Gasteiger partial charge in [0, 0.05) is 11.7 Å². The second-order valence-electron chi connectivity index (χ2n) is 4.95. The van der Waals surface area contributed by atoms with Gasteiger partial charge in [-0.2, -0.15) is 0 Å². The van der Waals surface area contributed by atoms with Crippen LogP contribution in [0.25, 0.3) is 0 Å². The van der Waals surface area contributed by atoms with Gasteiger partial charge in [0.05, 0.1) is 0 Å². The molecular formula is C14H21N. The molecule has 0 bridgehead atoms. The molecule has 0 spiro atoms. The maximum Gasteiger partial charge on any atom is 0.0344 e. The van der Waals surface area contributed by atoms with Gasteiger partial charge >= 0.3 is 0 Å². The van der Waals surface area contributed by atoms with Crippen LogP contribution in [0.4, 0.5) is 5.69 Å². The molecule has 2 rings (SSSR count). The third kappa shape index (κ3) is 2.98. The van der Waals surface area contributed by atoms with Gasteiger partial charge in [0.15, 0.2) is 0 Å². The number of anilines is 1. The molecule has 1 N–H and O–H groups in total. The third-order valence-electron chi connectivity index (χ3n) is 3.34. The van der Waals surface area contributed by atoms with Crippen molar-refractivity contribution in [2.45, 2.75) is 45.6 Å². The first-order valence-electron chi connectivity index (χ1n) is 6.07. The Kier molecular flexibility index (Phi) is 3.30. The Morgan fingerprint density at radius 2 is 2.20 bits per heavy atom. The highest BCUT2D eigenvalue weighted by Crippen LogP contribution is 2.31. The zero-order chi connectivity index (χ0) is 10.7. The standard InChI is InChI=1S/C14H21N/c1-11-5-3-8-14(9-11)15-12(2)10-13-6-4-7-13/h3,5,8-9,12-13,15H,4,6-7,10H2,1-2H3. The van der Waals surface area contributed by atoms with Crippen molar-refractivity contribution in [3.8, 4) is 0 Å². The predicted molar refractivity (Wildman–Crippen MR) is 66.2 cm³/mol. The van der Waals surface area contributed by atoms with Gasteiger partial charge in [-0.3, -0.25) is 0 Å². The Labute approximate surface area is 92.9 Å². The average Bonchev–Trinajstić information content (AvgIpc) is 2.11. The summed E-state index contributed by atoms with van der Waals surface area (Å²) in [6, 6.07) is 9.24. The lowest BCUT2D eigenvalue weighted by Crippen LogP contribution is -2.23. The highest BCUT2D eigenvalue weighted by molar-refractivity contribution is 5.46. The van der Waals surface area contributed by atoms with Gasteiger partial charge in [-0.05, 0) is 43.9 Å². The second-order valence-corrected chi connectivity index (χ2v) is 4.95. The molecule has 1 fully saturated rings. The Bertz CT molecular complexity index is 315. The molecule has 82 valence electrons. The third-order valence-corrected chi connectivity index (χ3v) is 3.34. The monoisotopic (exact) mass is 203 g/mol. The van der Waals surface area contributed by atoms with E-state index in [-0.39, 0.29) is 0 Å². The smallest absolute Gasteiger partial charge is 0.0344 e. The molecule has 15 heavy (non-hydrogen) atoms. The molecule has 0 radical (unpaired) electrons. The fourth-order valence-corrected chi connectivity index (χ4v) is 2.31. The van der Waals surface area contributed by atoms with E-state index in [1.807, 2.05) is 0 Å². The van der Waals surface area contributed by atoms with Gasteiger partial charge in [0.2, 0.25) is 0 Å². The Morgan fingerprint density at radius 1 is 1.40 bits per heavy atom. The Hall–Kier alpha value is -0.980. The molecule has 0 aliphatic heterocycles. The van der Waals surface area contributed by atoms with Crippen LogP contribution in [-0.4, -0.2) is 6.04 Å². The summed E-state index contributed by atoms with van der Waals surface area (Å²) < 4.78 is 0. The summed E-state index contributed by atoms with van der Waals surface area (Å²) in [5.41, 5.74) is 2.60. The van der Waals surface area contributed by atoms with Crippen LogP contribution in [0.15, 0.2) is 24.3 Å². The molecule has 0 aromatic heterocycles. The van der Waals surface area contributed by atoms with Crippen LogP contribution >= 0.6 is 0 Å². The van der Waals surface area contributed by atoms with E-state index in [1.54, 1.807) is 0 Å². The van der Waals surface area contributed by atoms with E-state index in [9.17, 15) is 0 Å². The topological polar surface area (TPSA) is 12.0 Å². The minimum Gasteiger partial charge on any atom is -0.383 e. The molecule has 1 unspecified atom stereocenters. The number of nitrogens with one attached hydrogen (secondary N) is 1. The van der Waals surface area contributed by atoms with E-state index in [4.69, 9.17) is 0 Å². The predicted octanol–water partition coefficient (Wildman–Crippen LogP) is 3.99. The van der Waals surface area contributed by atoms with Crippen molar-refractivity contribution in [2.24, 2.45) is 5.92 Å². The highest BCUT2D eigenvalue weighted by atomic mass is 14.9. The zero-order valence-corrected chi connectivity index (χ0v) is 9.79. The Balaban J connectivity index is 1.84. The van der Waals surface area contributed by atoms with Crippen LogP contribution < -0.4 is 5.32 Å². The number of benzene rings is 1. The summed E-state index contributed by atoms with van der Waals surface area (Å²) in [7, 11) is 0. The summed E-state index contributed by atoms with van der Waals surface area (Å²) in [6.07, 6.45) is 5.66. The van der Waals surface area contributed by atoms with Crippen molar-refractivity contribution < 1.29 is 0 Å². The van der Waals surface area contributed by atoms with Crippen LogP contribution in [0.1, 0.15) is 38.2 Å². The quantitative estimate of drug-likeness (QED) is 0.780. The SMILES string of the molecule is Cc1cccc(NC(C)CC2CCC2)c1.